The number of aliphatic hydroxyl groups excluding tert-OH is 1. The van der Waals surface area contributed by atoms with E-state index in [0.29, 0.717) is 0 Å². The van der Waals surface area contributed by atoms with Crippen LogP contribution in [0.4, 0.5) is 5.69 Å². The second-order valence-corrected chi connectivity index (χ2v) is 2.93. The number of hydrogen-bond donors (Lipinski definition) is 1. The molecule has 0 aromatic heterocycles. The molecule has 0 radical (unpaired) electrons. The zero-order chi connectivity index (χ0) is 10.7. The molecule has 1 unspecified atom stereocenters. The fourth-order valence-corrected chi connectivity index (χ4v) is 1.16. The Balaban J connectivity index is 3.31. The summed E-state index contributed by atoms with van der Waals surface area (Å²) in [6, 6.07) is 5.18. The van der Waals surface area contributed by atoms with Crippen LogP contribution in [0, 0.1) is 21.4 Å². The summed E-state index contributed by atoms with van der Waals surface area (Å²) >= 11 is 5.58. The molecule has 0 fully saturated rings. The van der Waals surface area contributed by atoms with E-state index >= 15 is 0 Å². The summed E-state index contributed by atoms with van der Waals surface area (Å²) in [5.74, 6) is 0. The number of hydrogen-bond acceptors (Lipinski definition) is 4. The molecule has 1 atom stereocenters. The van der Waals surface area contributed by atoms with E-state index in [0.717, 1.165) is 6.07 Å². The van der Waals surface area contributed by atoms with Gasteiger partial charge in [0, 0.05) is 11.1 Å². The fourth-order valence-electron chi connectivity index (χ4n) is 0.980. The average molecular weight is 213 g/mol. The van der Waals surface area contributed by atoms with Crippen LogP contribution in [0.15, 0.2) is 18.2 Å². The van der Waals surface area contributed by atoms with Crippen LogP contribution in [0.3, 0.4) is 0 Å². The van der Waals surface area contributed by atoms with Crippen molar-refractivity contribution >= 4 is 17.3 Å². The number of nitro groups is 1. The Hall–Kier alpha value is -1.64. The monoisotopic (exact) mass is 212 g/mol. The van der Waals surface area contributed by atoms with Gasteiger partial charge < -0.3 is 5.11 Å². The quantitative estimate of drug-likeness (QED) is 0.460. The first-order chi connectivity index (χ1) is 6.56. The Morgan fingerprint density at radius 2 is 2.29 bits per heavy atom. The van der Waals surface area contributed by atoms with Crippen molar-refractivity contribution in [3.8, 4) is 6.07 Å². The van der Waals surface area contributed by atoms with Crippen molar-refractivity contribution in [3.63, 3.8) is 0 Å². The summed E-state index contributed by atoms with van der Waals surface area (Å²) in [6.45, 7) is 0. The molecule has 0 spiro atoms. The van der Waals surface area contributed by atoms with E-state index in [-0.39, 0.29) is 16.3 Å². The zero-order valence-electron chi connectivity index (χ0n) is 6.85. The first-order valence-corrected chi connectivity index (χ1v) is 3.95. The van der Waals surface area contributed by atoms with Gasteiger partial charge in [0.05, 0.1) is 16.6 Å². The predicted octanol–water partition coefficient (Wildman–Crippen LogP) is 1.81. The first-order valence-electron chi connectivity index (χ1n) is 3.57. The van der Waals surface area contributed by atoms with Gasteiger partial charge in [0.25, 0.3) is 5.69 Å². The maximum absolute atomic E-state index is 10.5. The number of nitro benzene ring substituents is 1. The van der Waals surface area contributed by atoms with Gasteiger partial charge in [-0.05, 0) is 12.1 Å². The molecule has 5 nitrogen and oxygen atoms in total. The summed E-state index contributed by atoms with van der Waals surface area (Å²) in [7, 11) is 0. The van der Waals surface area contributed by atoms with Crippen molar-refractivity contribution in [2.45, 2.75) is 6.10 Å². The minimum Gasteiger partial charge on any atom is -0.374 e. The molecule has 1 rings (SSSR count). The maximum Gasteiger partial charge on any atom is 0.276 e. The molecule has 1 aromatic carbocycles. The third kappa shape index (κ3) is 1.99. The first kappa shape index (κ1) is 10.4. The SMILES string of the molecule is N#CC(O)c1cc(Cl)ccc1[N+](=O)[O-]. The van der Waals surface area contributed by atoms with Crippen molar-refractivity contribution in [3.05, 3.63) is 38.9 Å². The van der Waals surface area contributed by atoms with Gasteiger partial charge in [-0.25, -0.2) is 0 Å². The minimum absolute atomic E-state index is 0.0926. The van der Waals surface area contributed by atoms with E-state index in [1.165, 1.54) is 18.2 Å². The Kier molecular flexibility index (Phi) is 3.02. The lowest BCUT2D eigenvalue weighted by molar-refractivity contribution is -0.386. The van der Waals surface area contributed by atoms with Crippen molar-refractivity contribution in [1.82, 2.24) is 0 Å². The fraction of sp³-hybridized carbons (Fsp3) is 0.125. The molecule has 0 saturated heterocycles. The lowest BCUT2D eigenvalue weighted by Crippen LogP contribution is -2.00. The molecule has 72 valence electrons. The van der Waals surface area contributed by atoms with Gasteiger partial charge in [-0.1, -0.05) is 11.6 Å². The van der Waals surface area contributed by atoms with Crippen LogP contribution in [-0.2, 0) is 0 Å². The van der Waals surface area contributed by atoms with Gasteiger partial charge in [0.1, 0.15) is 0 Å². The third-order valence-corrected chi connectivity index (χ3v) is 1.84. The molecule has 0 aliphatic heterocycles. The number of rotatable bonds is 2. The molecule has 0 bridgehead atoms. The van der Waals surface area contributed by atoms with Crippen molar-refractivity contribution in [2.24, 2.45) is 0 Å². The van der Waals surface area contributed by atoms with Gasteiger partial charge in [-0.2, -0.15) is 5.26 Å². The summed E-state index contributed by atoms with van der Waals surface area (Å²) in [5.41, 5.74) is -0.409. The van der Waals surface area contributed by atoms with Crippen LogP contribution >= 0.6 is 11.6 Å². The molecule has 1 aromatic rings. The largest absolute Gasteiger partial charge is 0.374 e. The normalized spacial score (nSPS) is 11.8. The smallest absolute Gasteiger partial charge is 0.276 e. The van der Waals surface area contributed by atoms with Crippen LogP contribution in [0.5, 0.6) is 0 Å². The molecule has 6 heteroatoms. The number of halogens is 1. The molecule has 0 aliphatic carbocycles. The second kappa shape index (κ2) is 4.05. The molecular weight excluding hydrogens is 208 g/mol. The van der Waals surface area contributed by atoms with Gasteiger partial charge in [0.2, 0.25) is 0 Å². The number of nitriles is 1. The van der Waals surface area contributed by atoms with Crippen LogP contribution in [0.25, 0.3) is 0 Å². The van der Waals surface area contributed by atoms with E-state index in [1.807, 2.05) is 0 Å². The van der Waals surface area contributed by atoms with Gasteiger partial charge in [0.15, 0.2) is 6.10 Å². The van der Waals surface area contributed by atoms with Crippen LogP contribution in [0.1, 0.15) is 11.7 Å². The van der Waals surface area contributed by atoms with E-state index in [4.69, 9.17) is 22.0 Å². The molecule has 0 heterocycles. The highest BCUT2D eigenvalue weighted by Crippen LogP contribution is 2.27. The molecule has 1 N–H and O–H groups in total. The van der Waals surface area contributed by atoms with Crippen LogP contribution in [0.2, 0.25) is 5.02 Å². The minimum atomic E-state index is -1.53. The topological polar surface area (TPSA) is 87.2 Å². The second-order valence-electron chi connectivity index (χ2n) is 2.49. The third-order valence-electron chi connectivity index (χ3n) is 1.60. The molecule has 14 heavy (non-hydrogen) atoms. The van der Waals surface area contributed by atoms with Gasteiger partial charge in [-0.3, -0.25) is 10.1 Å². The Morgan fingerprint density at radius 1 is 1.64 bits per heavy atom. The molecule has 0 amide bonds. The highest BCUT2D eigenvalue weighted by atomic mass is 35.5. The summed E-state index contributed by atoms with van der Waals surface area (Å²) in [4.78, 5) is 9.82. The standard InChI is InChI=1S/C8H5ClN2O3/c9-5-1-2-7(11(13)14)6(3-5)8(12)4-10/h1-3,8,12H. The van der Waals surface area contributed by atoms with Crippen molar-refractivity contribution in [1.29, 1.82) is 5.26 Å². The maximum atomic E-state index is 10.5. The highest BCUT2D eigenvalue weighted by molar-refractivity contribution is 6.30. The Bertz CT molecular complexity index is 414. The van der Waals surface area contributed by atoms with Crippen LogP contribution in [-0.4, -0.2) is 10.0 Å². The van der Waals surface area contributed by atoms with Crippen molar-refractivity contribution < 1.29 is 10.0 Å². The van der Waals surface area contributed by atoms with E-state index in [1.54, 1.807) is 0 Å². The zero-order valence-corrected chi connectivity index (χ0v) is 7.60. The summed E-state index contributed by atoms with van der Waals surface area (Å²) < 4.78 is 0. The summed E-state index contributed by atoms with van der Waals surface area (Å²) in [5, 5.41) is 28.3. The predicted molar refractivity (Wildman–Crippen MR) is 48.7 cm³/mol. The summed E-state index contributed by atoms with van der Waals surface area (Å²) in [6.07, 6.45) is -1.53. The number of nitrogens with zero attached hydrogens (tertiary/aromatic N) is 2. The number of aliphatic hydroxyl groups is 1. The van der Waals surface area contributed by atoms with Gasteiger partial charge >= 0.3 is 0 Å². The Labute approximate surface area is 84.3 Å². The van der Waals surface area contributed by atoms with E-state index in [2.05, 4.69) is 0 Å². The lowest BCUT2D eigenvalue weighted by atomic mass is 10.1. The molecule has 0 saturated carbocycles. The highest BCUT2D eigenvalue weighted by Gasteiger charge is 2.20. The number of benzene rings is 1. The van der Waals surface area contributed by atoms with Gasteiger partial charge in [-0.15, -0.1) is 0 Å². The average Bonchev–Trinajstić information content (AvgIpc) is 2.16. The van der Waals surface area contributed by atoms with E-state index in [9.17, 15) is 10.1 Å². The molecule has 0 aliphatic rings. The van der Waals surface area contributed by atoms with Crippen molar-refractivity contribution in [2.75, 3.05) is 0 Å². The lowest BCUT2D eigenvalue weighted by Gasteiger charge is -2.03. The van der Waals surface area contributed by atoms with E-state index < -0.39 is 11.0 Å². The molecular formula is C8H5ClN2O3. The Morgan fingerprint density at radius 3 is 2.79 bits per heavy atom. The van der Waals surface area contributed by atoms with Crippen LogP contribution < -0.4 is 0 Å².